The summed E-state index contributed by atoms with van der Waals surface area (Å²) in [4.78, 5) is 32.5. The molecule has 2 heterocycles. The minimum absolute atomic E-state index is 0.134. The largest absolute Gasteiger partial charge is 0.378 e. The van der Waals surface area contributed by atoms with E-state index in [1.54, 1.807) is 13.0 Å². The molecule has 0 aliphatic carbocycles. The topological polar surface area (TPSA) is 87.3 Å². The van der Waals surface area contributed by atoms with E-state index in [0.717, 1.165) is 18.8 Å². The normalized spacial score (nSPS) is 14.3. The molecule has 0 saturated carbocycles. The van der Waals surface area contributed by atoms with Crippen LogP contribution in [0.1, 0.15) is 5.69 Å². The number of morpholine rings is 1. The Balaban J connectivity index is 1.58. The lowest BCUT2D eigenvalue weighted by Gasteiger charge is -2.29. The van der Waals surface area contributed by atoms with E-state index in [9.17, 15) is 9.59 Å². The van der Waals surface area contributed by atoms with E-state index in [1.165, 1.54) is 17.8 Å². The van der Waals surface area contributed by atoms with Crippen molar-refractivity contribution in [1.29, 1.82) is 0 Å². The number of thioether (sulfide) groups is 1. The number of carbonyl (C=O) groups excluding carboxylic acids is 1. The second kappa shape index (κ2) is 8.57. The number of hydrogen-bond acceptors (Lipinski definition) is 6. The molecule has 0 unspecified atom stereocenters. The average Bonchev–Trinajstić information content (AvgIpc) is 2.60. The summed E-state index contributed by atoms with van der Waals surface area (Å²) < 4.78 is 5.34. The minimum atomic E-state index is -0.231. The predicted molar refractivity (Wildman–Crippen MR) is 103 cm³/mol. The Morgan fingerprint density at radius 1 is 1.38 bits per heavy atom. The van der Waals surface area contributed by atoms with Crippen molar-refractivity contribution in [2.24, 2.45) is 0 Å². The molecule has 1 aromatic carbocycles. The third-order valence-electron chi connectivity index (χ3n) is 3.77. The number of anilines is 2. The Labute approximate surface area is 160 Å². The fourth-order valence-electron chi connectivity index (χ4n) is 2.60. The summed E-state index contributed by atoms with van der Waals surface area (Å²) in [5.41, 5.74) is 1.94. The lowest BCUT2D eigenvalue weighted by atomic mass is 10.2. The van der Waals surface area contributed by atoms with Crippen molar-refractivity contribution in [2.75, 3.05) is 42.3 Å². The maximum absolute atomic E-state index is 12.1. The summed E-state index contributed by atoms with van der Waals surface area (Å²) >= 11 is 7.54. The molecule has 2 aromatic rings. The number of hydrogen-bond donors (Lipinski definition) is 2. The summed E-state index contributed by atoms with van der Waals surface area (Å²) in [7, 11) is 0. The number of nitrogens with one attached hydrogen (secondary N) is 2. The molecule has 138 valence electrons. The maximum Gasteiger partial charge on any atom is 0.251 e. The number of carbonyl (C=O) groups is 1. The van der Waals surface area contributed by atoms with Crippen LogP contribution in [0.25, 0.3) is 0 Å². The number of aromatic amines is 1. The van der Waals surface area contributed by atoms with Gasteiger partial charge in [0.2, 0.25) is 5.91 Å². The summed E-state index contributed by atoms with van der Waals surface area (Å²) in [6, 6.07) is 6.87. The van der Waals surface area contributed by atoms with Crippen LogP contribution in [0.4, 0.5) is 11.4 Å². The molecule has 26 heavy (non-hydrogen) atoms. The molecule has 0 bridgehead atoms. The smallest absolute Gasteiger partial charge is 0.251 e. The first kappa shape index (κ1) is 18.8. The highest BCUT2D eigenvalue weighted by Crippen LogP contribution is 2.29. The first-order valence-corrected chi connectivity index (χ1v) is 9.50. The second-order valence-electron chi connectivity index (χ2n) is 5.79. The Hall–Kier alpha value is -2.03. The van der Waals surface area contributed by atoms with Crippen LogP contribution in [0, 0.1) is 6.92 Å². The van der Waals surface area contributed by atoms with Crippen molar-refractivity contribution in [3.8, 4) is 0 Å². The molecular formula is C17H19ClN4O3S. The summed E-state index contributed by atoms with van der Waals surface area (Å²) in [6.07, 6.45) is 0. The van der Waals surface area contributed by atoms with Crippen molar-refractivity contribution >= 4 is 40.6 Å². The van der Waals surface area contributed by atoms with Crippen molar-refractivity contribution in [1.82, 2.24) is 9.97 Å². The van der Waals surface area contributed by atoms with Crippen LogP contribution in [0.15, 0.2) is 34.2 Å². The highest BCUT2D eigenvalue weighted by Gasteiger charge is 2.15. The molecule has 0 radical (unpaired) electrons. The van der Waals surface area contributed by atoms with Crippen LogP contribution < -0.4 is 15.8 Å². The lowest BCUT2D eigenvalue weighted by molar-refractivity contribution is -0.113. The van der Waals surface area contributed by atoms with Crippen LogP contribution >= 0.6 is 23.4 Å². The van der Waals surface area contributed by atoms with E-state index in [4.69, 9.17) is 16.3 Å². The van der Waals surface area contributed by atoms with Gasteiger partial charge in [-0.25, -0.2) is 4.98 Å². The molecule has 1 saturated heterocycles. The minimum Gasteiger partial charge on any atom is -0.378 e. The predicted octanol–water partition coefficient (Wildman–Crippen LogP) is 2.30. The highest BCUT2D eigenvalue weighted by atomic mass is 35.5. The molecule has 9 heteroatoms. The van der Waals surface area contributed by atoms with Gasteiger partial charge in [-0.3, -0.25) is 9.59 Å². The molecule has 1 fully saturated rings. The first-order chi connectivity index (χ1) is 12.5. The first-order valence-electron chi connectivity index (χ1n) is 8.14. The Kier molecular flexibility index (Phi) is 6.18. The zero-order chi connectivity index (χ0) is 18.5. The van der Waals surface area contributed by atoms with E-state index in [-0.39, 0.29) is 17.2 Å². The van der Waals surface area contributed by atoms with Gasteiger partial charge in [-0.1, -0.05) is 23.4 Å². The summed E-state index contributed by atoms with van der Waals surface area (Å²) in [6.45, 7) is 4.69. The number of halogens is 1. The van der Waals surface area contributed by atoms with Crippen molar-refractivity contribution < 1.29 is 9.53 Å². The van der Waals surface area contributed by atoms with Gasteiger partial charge in [-0.15, -0.1) is 0 Å². The summed E-state index contributed by atoms with van der Waals surface area (Å²) in [5.74, 6) is -0.0655. The molecule has 2 N–H and O–H groups in total. The highest BCUT2D eigenvalue weighted by molar-refractivity contribution is 7.99. The van der Waals surface area contributed by atoms with Crippen LogP contribution in [-0.2, 0) is 9.53 Å². The maximum atomic E-state index is 12.1. The number of H-pyrrole nitrogens is 1. The summed E-state index contributed by atoms with van der Waals surface area (Å²) in [5, 5.41) is 3.81. The quantitative estimate of drug-likeness (QED) is 0.597. The van der Waals surface area contributed by atoms with Gasteiger partial charge in [0.05, 0.1) is 29.7 Å². The molecule has 1 aliphatic heterocycles. The SMILES string of the molecule is Cc1cc(=O)[nH]c(SCC(=O)Nc2ccc(N3CCOCC3)c(Cl)c2)n1. The van der Waals surface area contributed by atoms with Gasteiger partial charge in [0.25, 0.3) is 5.56 Å². The van der Waals surface area contributed by atoms with Crippen molar-refractivity contribution in [3.63, 3.8) is 0 Å². The van der Waals surface area contributed by atoms with E-state index >= 15 is 0 Å². The fourth-order valence-corrected chi connectivity index (χ4v) is 3.62. The van der Waals surface area contributed by atoms with Crippen molar-refractivity contribution in [3.05, 3.63) is 45.3 Å². The second-order valence-corrected chi connectivity index (χ2v) is 7.17. The third kappa shape index (κ3) is 5.00. The molecule has 1 aliphatic rings. The molecule has 1 aromatic heterocycles. The van der Waals surface area contributed by atoms with E-state index in [1.807, 2.05) is 12.1 Å². The number of amides is 1. The number of benzene rings is 1. The van der Waals surface area contributed by atoms with Crippen molar-refractivity contribution in [2.45, 2.75) is 12.1 Å². The van der Waals surface area contributed by atoms with Crippen LogP contribution in [-0.4, -0.2) is 47.9 Å². The van der Waals surface area contributed by atoms with E-state index < -0.39 is 0 Å². The molecule has 1 amide bonds. The zero-order valence-electron chi connectivity index (χ0n) is 14.3. The van der Waals surface area contributed by atoms with Gasteiger partial charge in [0.15, 0.2) is 5.16 Å². The van der Waals surface area contributed by atoms with Gasteiger partial charge in [-0.2, -0.15) is 0 Å². The van der Waals surface area contributed by atoms with Gasteiger partial charge in [0, 0.05) is 30.5 Å². The Morgan fingerprint density at radius 3 is 2.85 bits per heavy atom. The fraction of sp³-hybridized carbons (Fsp3) is 0.353. The monoisotopic (exact) mass is 394 g/mol. The number of aromatic nitrogens is 2. The van der Waals surface area contributed by atoms with Crippen LogP contribution in [0.5, 0.6) is 0 Å². The number of aryl methyl sites for hydroxylation is 1. The van der Waals surface area contributed by atoms with Gasteiger partial charge in [-0.05, 0) is 25.1 Å². The zero-order valence-corrected chi connectivity index (χ0v) is 15.8. The van der Waals surface area contributed by atoms with Crippen LogP contribution in [0.3, 0.4) is 0 Å². The number of nitrogens with zero attached hydrogens (tertiary/aromatic N) is 2. The Bertz CT molecular complexity index is 852. The van der Waals surface area contributed by atoms with E-state index in [2.05, 4.69) is 20.2 Å². The molecule has 0 atom stereocenters. The number of ether oxygens (including phenoxy) is 1. The number of rotatable bonds is 5. The molecule has 0 spiro atoms. The molecule has 7 nitrogen and oxygen atoms in total. The Morgan fingerprint density at radius 2 is 2.15 bits per heavy atom. The molecule has 3 rings (SSSR count). The van der Waals surface area contributed by atoms with Crippen LogP contribution in [0.2, 0.25) is 5.02 Å². The van der Waals surface area contributed by atoms with E-state index in [0.29, 0.717) is 34.8 Å². The average molecular weight is 395 g/mol. The van der Waals surface area contributed by atoms with Gasteiger partial charge < -0.3 is 19.9 Å². The third-order valence-corrected chi connectivity index (χ3v) is 4.95. The van der Waals surface area contributed by atoms with Gasteiger partial charge in [0.1, 0.15) is 0 Å². The lowest BCUT2D eigenvalue weighted by Crippen LogP contribution is -2.36. The van der Waals surface area contributed by atoms with Gasteiger partial charge >= 0.3 is 0 Å². The molecular weight excluding hydrogens is 376 g/mol. The standard InChI is InChI=1S/C17H19ClN4O3S/c1-11-8-15(23)21-17(19-11)26-10-16(24)20-12-2-3-14(13(18)9-12)22-4-6-25-7-5-22/h2-3,8-9H,4-7,10H2,1H3,(H,20,24)(H,19,21,23).